The SMILES string of the molecule is Cc1nnc2sc(C(=O)NN(C)C)c(N)c2c1C. The minimum Gasteiger partial charge on any atom is -0.397 e. The molecule has 2 heterocycles. The number of carbonyl (C=O) groups excluding carboxylic acids is 1. The van der Waals surface area contributed by atoms with Crippen molar-refractivity contribution in [2.24, 2.45) is 0 Å². The Kier molecular flexibility index (Phi) is 3.18. The van der Waals surface area contributed by atoms with Crippen LogP contribution in [0.1, 0.15) is 20.9 Å². The van der Waals surface area contributed by atoms with Crippen molar-refractivity contribution in [1.29, 1.82) is 0 Å². The Bertz CT molecular complexity index is 619. The fraction of sp³-hybridized carbons (Fsp3) is 0.364. The van der Waals surface area contributed by atoms with Gasteiger partial charge >= 0.3 is 0 Å². The Balaban J connectivity index is 2.58. The maximum Gasteiger partial charge on any atom is 0.277 e. The number of hydrogen-bond acceptors (Lipinski definition) is 6. The number of anilines is 1. The van der Waals surface area contributed by atoms with Gasteiger partial charge in [-0.2, -0.15) is 5.10 Å². The van der Waals surface area contributed by atoms with Gasteiger partial charge in [-0.3, -0.25) is 10.2 Å². The maximum atomic E-state index is 12.0. The minimum atomic E-state index is -0.224. The highest BCUT2D eigenvalue weighted by Crippen LogP contribution is 2.34. The van der Waals surface area contributed by atoms with E-state index in [1.54, 1.807) is 19.1 Å². The number of aromatic nitrogens is 2. The minimum absolute atomic E-state index is 0.224. The Hall–Kier alpha value is -1.73. The molecule has 96 valence electrons. The number of nitrogens with zero attached hydrogens (tertiary/aromatic N) is 3. The quantitative estimate of drug-likeness (QED) is 0.794. The molecule has 6 nitrogen and oxygen atoms in total. The topological polar surface area (TPSA) is 84.1 Å². The molecule has 0 saturated heterocycles. The summed E-state index contributed by atoms with van der Waals surface area (Å²) in [5, 5.41) is 10.5. The summed E-state index contributed by atoms with van der Waals surface area (Å²) in [6, 6.07) is 0. The second kappa shape index (κ2) is 4.51. The van der Waals surface area contributed by atoms with Gasteiger partial charge < -0.3 is 5.73 Å². The number of amides is 1. The number of carbonyl (C=O) groups is 1. The van der Waals surface area contributed by atoms with Crippen molar-refractivity contribution in [2.45, 2.75) is 13.8 Å². The van der Waals surface area contributed by atoms with Crippen molar-refractivity contribution >= 4 is 33.1 Å². The summed E-state index contributed by atoms with van der Waals surface area (Å²) in [5.74, 6) is -0.224. The summed E-state index contributed by atoms with van der Waals surface area (Å²) in [6.45, 7) is 3.81. The Morgan fingerprint density at radius 2 is 2.00 bits per heavy atom. The predicted molar refractivity (Wildman–Crippen MR) is 72.5 cm³/mol. The van der Waals surface area contributed by atoms with Crippen LogP contribution in [0.5, 0.6) is 0 Å². The first-order chi connectivity index (χ1) is 8.41. The Morgan fingerprint density at radius 1 is 1.33 bits per heavy atom. The molecule has 0 saturated carbocycles. The molecule has 0 radical (unpaired) electrons. The van der Waals surface area contributed by atoms with Crippen LogP contribution in [-0.4, -0.2) is 35.2 Å². The third-order valence-electron chi connectivity index (χ3n) is 2.67. The maximum absolute atomic E-state index is 12.0. The summed E-state index contributed by atoms with van der Waals surface area (Å²) in [4.78, 5) is 13.1. The van der Waals surface area contributed by atoms with E-state index in [0.717, 1.165) is 16.6 Å². The normalized spacial score (nSPS) is 11.2. The number of nitrogens with one attached hydrogen (secondary N) is 1. The van der Waals surface area contributed by atoms with Gasteiger partial charge in [0.15, 0.2) is 0 Å². The number of nitrogen functional groups attached to an aromatic ring is 1. The van der Waals surface area contributed by atoms with Crippen molar-refractivity contribution < 1.29 is 4.79 Å². The van der Waals surface area contributed by atoms with E-state index in [1.807, 2.05) is 13.8 Å². The average Bonchev–Trinajstić information content (AvgIpc) is 2.61. The molecule has 0 spiro atoms. The van der Waals surface area contributed by atoms with Crippen LogP contribution < -0.4 is 11.2 Å². The van der Waals surface area contributed by atoms with Gasteiger partial charge in [-0.15, -0.1) is 16.4 Å². The van der Waals surface area contributed by atoms with E-state index in [2.05, 4.69) is 15.6 Å². The molecule has 0 atom stereocenters. The highest BCUT2D eigenvalue weighted by atomic mass is 32.1. The van der Waals surface area contributed by atoms with E-state index >= 15 is 0 Å². The van der Waals surface area contributed by atoms with Gasteiger partial charge in [0, 0.05) is 19.5 Å². The average molecular weight is 265 g/mol. The number of hydrazine groups is 1. The molecule has 0 unspecified atom stereocenters. The fourth-order valence-corrected chi connectivity index (χ4v) is 2.65. The first-order valence-corrected chi connectivity index (χ1v) is 6.23. The van der Waals surface area contributed by atoms with E-state index in [-0.39, 0.29) is 5.91 Å². The first-order valence-electron chi connectivity index (χ1n) is 5.42. The standard InChI is InChI=1S/C11H15N5OS/c1-5-6(2)13-14-11-7(5)8(12)9(18-11)10(17)15-16(3)4/h12H2,1-4H3,(H,15,17). The predicted octanol–water partition coefficient (Wildman–Crippen LogP) is 1.10. The van der Waals surface area contributed by atoms with Crippen LogP contribution in [0.4, 0.5) is 5.69 Å². The van der Waals surface area contributed by atoms with Crippen molar-refractivity contribution in [1.82, 2.24) is 20.6 Å². The molecule has 1 amide bonds. The molecule has 0 aliphatic rings. The van der Waals surface area contributed by atoms with E-state index in [9.17, 15) is 4.79 Å². The zero-order valence-electron chi connectivity index (χ0n) is 10.7. The second-order valence-electron chi connectivity index (χ2n) is 4.27. The number of rotatable bonds is 2. The molecule has 3 N–H and O–H groups in total. The van der Waals surface area contributed by atoms with E-state index in [0.29, 0.717) is 15.4 Å². The third kappa shape index (κ3) is 2.02. The molecule has 0 aromatic carbocycles. The van der Waals surface area contributed by atoms with Gasteiger partial charge in [0.1, 0.15) is 9.71 Å². The molecule has 18 heavy (non-hydrogen) atoms. The molecule has 2 aromatic heterocycles. The second-order valence-corrected chi connectivity index (χ2v) is 5.27. The summed E-state index contributed by atoms with van der Waals surface area (Å²) >= 11 is 1.26. The van der Waals surface area contributed by atoms with E-state index < -0.39 is 0 Å². The lowest BCUT2D eigenvalue weighted by molar-refractivity contribution is 0.0862. The molecule has 2 aromatic rings. The lowest BCUT2D eigenvalue weighted by Crippen LogP contribution is -2.35. The first kappa shape index (κ1) is 12.7. The van der Waals surface area contributed by atoms with Crippen LogP contribution >= 0.6 is 11.3 Å². The highest BCUT2D eigenvalue weighted by Gasteiger charge is 2.19. The van der Waals surface area contributed by atoms with Crippen molar-refractivity contribution in [3.8, 4) is 0 Å². The van der Waals surface area contributed by atoms with Gasteiger partial charge in [0.05, 0.1) is 11.4 Å². The zero-order valence-corrected chi connectivity index (χ0v) is 11.6. The summed E-state index contributed by atoms with van der Waals surface area (Å²) in [5.41, 5.74) is 11.0. The van der Waals surface area contributed by atoms with Gasteiger partial charge in [0.25, 0.3) is 5.91 Å². The van der Waals surface area contributed by atoms with Gasteiger partial charge in [0.2, 0.25) is 0 Å². The van der Waals surface area contributed by atoms with Gasteiger partial charge in [-0.25, -0.2) is 5.01 Å². The highest BCUT2D eigenvalue weighted by molar-refractivity contribution is 7.21. The van der Waals surface area contributed by atoms with Crippen LogP contribution in [0.25, 0.3) is 10.2 Å². The molecular weight excluding hydrogens is 250 g/mol. The largest absolute Gasteiger partial charge is 0.397 e. The van der Waals surface area contributed by atoms with Crippen molar-refractivity contribution in [2.75, 3.05) is 19.8 Å². The number of hydrogen-bond donors (Lipinski definition) is 2. The smallest absolute Gasteiger partial charge is 0.277 e. The number of thiophene rings is 1. The summed E-state index contributed by atoms with van der Waals surface area (Å²) in [7, 11) is 3.49. The Morgan fingerprint density at radius 3 is 2.61 bits per heavy atom. The van der Waals surface area contributed by atoms with Gasteiger partial charge in [-0.1, -0.05) is 0 Å². The number of nitrogens with two attached hydrogens (primary N) is 1. The molecule has 0 aliphatic heterocycles. The molecule has 2 rings (SSSR count). The molecule has 7 heteroatoms. The molecular formula is C11H15N5OS. The number of fused-ring (bicyclic) bond motifs is 1. The third-order valence-corrected chi connectivity index (χ3v) is 3.76. The van der Waals surface area contributed by atoms with Crippen LogP contribution in [0.3, 0.4) is 0 Å². The zero-order chi connectivity index (χ0) is 13.4. The molecule has 0 bridgehead atoms. The van der Waals surface area contributed by atoms with Crippen LogP contribution in [-0.2, 0) is 0 Å². The lowest BCUT2D eigenvalue weighted by Gasteiger charge is -2.10. The Labute approximate surface area is 109 Å². The lowest BCUT2D eigenvalue weighted by atomic mass is 10.1. The summed E-state index contributed by atoms with van der Waals surface area (Å²) in [6.07, 6.45) is 0. The van der Waals surface area contributed by atoms with Crippen molar-refractivity contribution in [3.05, 3.63) is 16.1 Å². The van der Waals surface area contributed by atoms with E-state index in [1.165, 1.54) is 11.3 Å². The van der Waals surface area contributed by atoms with Crippen LogP contribution in [0.2, 0.25) is 0 Å². The van der Waals surface area contributed by atoms with Crippen LogP contribution in [0, 0.1) is 13.8 Å². The summed E-state index contributed by atoms with van der Waals surface area (Å²) < 4.78 is 0. The number of aryl methyl sites for hydroxylation is 2. The van der Waals surface area contributed by atoms with E-state index in [4.69, 9.17) is 5.73 Å². The van der Waals surface area contributed by atoms with Crippen LogP contribution in [0.15, 0.2) is 0 Å². The fourth-order valence-electron chi connectivity index (χ4n) is 1.66. The monoisotopic (exact) mass is 265 g/mol. The molecule has 0 aliphatic carbocycles. The van der Waals surface area contributed by atoms with Crippen molar-refractivity contribution in [3.63, 3.8) is 0 Å². The molecule has 0 fully saturated rings. The van der Waals surface area contributed by atoms with Gasteiger partial charge in [-0.05, 0) is 19.4 Å².